The van der Waals surface area contributed by atoms with Gasteiger partial charge in [0.15, 0.2) is 0 Å². The van der Waals surface area contributed by atoms with Gasteiger partial charge in [-0.3, -0.25) is 4.90 Å². The first-order valence-corrected chi connectivity index (χ1v) is 6.42. The van der Waals surface area contributed by atoms with E-state index in [1.807, 2.05) is 0 Å². The van der Waals surface area contributed by atoms with E-state index < -0.39 is 24.5 Å². The standard InChI is InChI=1S/C12H19F2NO4/c13-10(14)4-2-1-3-8-5-6-15(12(18)19)9(7-8)11(16)17/h8-10H,1-7H2,(H,16,17)(H,18,19). The van der Waals surface area contributed by atoms with Crippen LogP contribution in [0.3, 0.4) is 0 Å². The molecule has 5 nitrogen and oxygen atoms in total. The number of piperidine rings is 1. The van der Waals surface area contributed by atoms with Gasteiger partial charge in [0.2, 0.25) is 6.43 Å². The number of alkyl halides is 2. The van der Waals surface area contributed by atoms with Gasteiger partial charge in [-0.25, -0.2) is 18.4 Å². The average molecular weight is 279 g/mol. The van der Waals surface area contributed by atoms with Gasteiger partial charge in [-0.1, -0.05) is 12.8 Å². The van der Waals surface area contributed by atoms with E-state index >= 15 is 0 Å². The third-order valence-corrected chi connectivity index (χ3v) is 3.53. The van der Waals surface area contributed by atoms with Crippen molar-refractivity contribution in [2.75, 3.05) is 6.54 Å². The molecule has 1 fully saturated rings. The molecule has 1 amide bonds. The van der Waals surface area contributed by atoms with Crippen molar-refractivity contribution in [1.29, 1.82) is 0 Å². The summed E-state index contributed by atoms with van der Waals surface area (Å²) in [5, 5.41) is 17.9. The SMILES string of the molecule is O=C(O)C1CC(CCCCC(F)F)CCN1C(=O)O. The largest absolute Gasteiger partial charge is 0.480 e. The van der Waals surface area contributed by atoms with E-state index in [0.29, 0.717) is 25.7 Å². The van der Waals surface area contributed by atoms with E-state index in [9.17, 15) is 18.4 Å². The highest BCUT2D eigenvalue weighted by Crippen LogP contribution is 2.27. The van der Waals surface area contributed by atoms with Gasteiger partial charge in [-0.05, 0) is 25.2 Å². The third kappa shape index (κ3) is 5.00. The van der Waals surface area contributed by atoms with Crippen LogP contribution < -0.4 is 0 Å². The average Bonchev–Trinajstić information content (AvgIpc) is 2.33. The molecular weight excluding hydrogens is 260 g/mol. The summed E-state index contributed by atoms with van der Waals surface area (Å²) >= 11 is 0. The van der Waals surface area contributed by atoms with Crippen molar-refractivity contribution in [3.63, 3.8) is 0 Å². The van der Waals surface area contributed by atoms with Crippen LogP contribution in [0.2, 0.25) is 0 Å². The molecule has 2 N–H and O–H groups in total. The summed E-state index contributed by atoms with van der Waals surface area (Å²) in [6.07, 6.45) is -1.02. The zero-order valence-electron chi connectivity index (χ0n) is 10.6. The van der Waals surface area contributed by atoms with Crippen molar-refractivity contribution in [3.05, 3.63) is 0 Å². The van der Waals surface area contributed by atoms with E-state index in [1.165, 1.54) is 0 Å². The highest BCUT2D eigenvalue weighted by atomic mass is 19.3. The predicted molar refractivity (Wildman–Crippen MR) is 63.4 cm³/mol. The number of carboxylic acids is 1. The molecule has 1 saturated heterocycles. The summed E-state index contributed by atoms with van der Waals surface area (Å²) in [5.74, 6) is -1.03. The Balaban J connectivity index is 2.39. The molecule has 1 heterocycles. The van der Waals surface area contributed by atoms with Crippen molar-refractivity contribution < 1.29 is 28.6 Å². The maximum absolute atomic E-state index is 12.0. The number of nitrogens with zero attached hydrogens (tertiary/aromatic N) is 1. The molecule has 0 spiro atoms. The van der Waals surface area contributed by atoms with Gasteiger partial charge in [-0.15, -0.1) is 0 Å². The Labute approximate surface area is 110 Å². The van der Waals surface area contributed by atoms with E-state index in [2.05, 4.69) is 0 Å². The Bertz CT molecular complexity index is 325. The van der Waals surface area contributed by atoms with Crippen LogP contribution in [0.4, 0.5) is 13.6 Å². The van der Waals surface area contributed by atoms with Gasteiger partial charge >= 0.3 is 12.1 Å². The van der Waals surface area contributed by atoms with E-state index in [0.717, 1.165) is 4.90 Å². The summed E-state index contributed by atoms with van der Waals surface area (Å²) in [7, 11) is 0. The summed E-state index contributed by atoms with van der Waals surface area (Å²) in [4.78, 5) is 22.9. The Morgan fingerprint density at radius 2 is 1.95 bits per heavy atom. The Morgan fingerprint density at radius 1 is 1.26 bits per heavy atom. The van der Waals surface area contributed by atoms with Crippen LogP contribution in [-0.4, -0.2) is 46.2 Å². The number of halogens is 2. The fraction of sp³-hybridized carbons (Fsp3) is 0.833. The van der Waals surface area contributed by atoms with Crippen molar-refractivity contribution in [3.8, 4) is 0 Å². The Hall–Kier alpha value is -1.40. The second-order valence-electron chi connectivity index (χ2n) is 4.90. The molecular formula is C12H19F2NO4. The highest BCUT2D eigenvalue weighted by molar-refractivity contribution is 5.79. The van der Waals surface area contributed by atoms with Gasteiger partial charge < -0.3 is 10.2 Å². The first-order valence-electron chi connectivity index (χ1n) is 6.42. The van der Waals surface area contributed by atoms with Crippen LogP contribution >= 0.6 is 0 Å². The van der Waals surface area contributed by atoms with Crippen LogP contribution in [0.15, 0.2) is 0 Å². The minimum atomic E-state index is -2.29. The van der Waals surface area contributed by atoms with Gasteiger partial charge in [-0.2, -0.15) is 0 Å². The van der Waals surface area contributed by atoms with Crippen LogP contribution in [0.5, 0.6) is 0 Å². The summed E-state index contributed by atoms with van der Waals surface area (Å²) < 4.78 is 23.9. The number of amides is 1. The van der Waals surface area contributed by atoms with Crippen molar-refractivity contribution in [2.45, 2.75) is 51.0 Å². The normalized spacial score (nSPS) is 23.6. The smallest absolute Gasteiger partial charge is 0.408 e. The van der Waals surface area contributed by atoms with Crippen LogP contribution in [0.1, 0.15) is 38.5 Å². The van der Waals surface area contributed by atoms with Gasteiger partial charge in [0.25, 0.3) is 0 Å². The number of carboxylic acid groups (broad SMARTS) is 2. The second kappa shape index (κ2) is 7.25. The maximum Gasteiger partial charge on any atom is 0.408 e. The molecule has 110 valence electrons. The predicted octanol–water partition coefficient (Wildman–Crippen LogP) is 2.66. The molecule has 2 unspecified atom stereocenters. The number of hydrogen-bond acceptors (Lipinski definition) is 2. The number of aliphatic carboxylic acids is 1. The Kier molecular flexibility index (Phi) is 5.98. The molecule has 0 aromatic rings. The third-order valence-electron chi connectivity index (χ3n) is 3.53. The molecule has 1 aliphatic heterocycles. The van der Waals surface area contributed by atoms with Gasteiger partial charge in [0.05, 0.1) is 0 Å². The topological polar surface area (TPSA) is 77.8 Å². The van der Waals surface area contributed by atoms with Gasteiger partial charge in [0, 0.05) is 13.0 Å². The molecule has 19 heavy (non-hydrogen) atoms. The van der Waals surface area contributed by atoms with E-state index in [1.54, 1.807) is 0 Å². The Morgan fingerprint density at radius 3 is 2.47 bits per heavy atom. The number of carbonyl (C=O) groups is 2. The minimum absolute atomic E-state index is 0.106. The van der Waals surface area contributed by atoms with Crippen molar-refractivity contribution in [2.24, 2.45) is 5.92 Å². The lowest BCUT2D eigenvalue weighted by Gasteiger charge is -2.35. The first-order chi connectivity index (χ1) is 8.91. The zero-order valence-corrected chi connectivity index (χ0v) is 10.6. The number of rotatable bonds is 6. The minimum Gasteiger partial charge on any atom is -0.480 e. The molecule has 0 aromatic heterocycles. The zero-order chi connectivity index (χ0) is 14.4. The lowest BCUT2D eigenvalue weighted by atomic mass is 9.87. The molecule has 2 atom stereocenters. The van der Waals surface area contributed by atoms with E-state index in [-0.39, 0.29) is 25.3 Å². The molecule has 7 heteroatoms. The van der Waals surface area contributed by atoms with Crippen molar-refractivity contribution >= 4 is 12.1 Å². The fourth-order valence-electron chi connectivity index (χ4n) is 2.50. The lowest BCUT2D eigenvalue weighted by molar-refractivity contribution is -0.144. The second-order valence-corrected chi connectivity index (χ2v) is 4.90. The molecule has 0 saturated carbocycles. The molecule has 1 aliphatic rings. The van der Waals surface area contributed by atoms with E-state index in [4.69, 9.17) is 10.2 Å². The number of hydrogen-bond donors (Lipinski definition) is 2. The van der Waals surface area contributed by atoms with Gasteiger partial charge in [0.1, 0.15) is 6.04 Å². The summed E-state index contributed by atoms with van der Waals surface area (Å²) in [5.41, 5.74) is 0. The van der Waals surface area contributed by atoms with Crippen LogP contribution in [0.25, 0.3) is 0 Å². The monoisotopic (exact) mass is 279 g/mol. The molecule has 0 radical (unpaired) electrons. The molecule has 0 bridgehead atoms. The quantitative estimate of drug-likeness (QED) is 0.733. The molecule has 0 aliphatic carbocycles. The molecule has 0 aromatic carbocycles. The number of likely N-dealkylation sites (tertiary alicyclic amines) is 1. The van der Waals surface area contributed by atoms with Crippen molar-refractivity contribution in [1.82, 2.24) is 4.90 Å². The highest BCUT2D eigenvalue weighted by Gasteiger charge is 2.35. The summed E-state index contributed by atoms with van der Waals surface area (Å²) in [6, 6.07) is -1.01. The number of unbranched alkanes of at least 4 members (excludes halogenated alkanes) is 1. The maximum atomic E-state index is 12.0. The summed E-state index contributed by atoms with van der Waals surface area (Å²) in [6.45, 7) is 0.200. The fourth-order valence-corrected chi connectivity index (χ4v) is 2.50. The first kappa shape index (κ1) is 15.7. The van der Waals surface area contributed by atoms with Crippen LogP contribution in [0, 0.1) is 5.92 Å². The van der Waals surface area contributed by atoms with Crippen LogP contribution in [-0.2, 0) is 4.79 Å². The molecule has 1 rings (SSSR count). The lowest BCUT2D eigenvalue weighted by Crippen LogP contribution is -2.49.